The SMILES string of the molecule is CCC(CC)C(Cc1ccc(Br)s1)NN. The molecule has 15 heavy (non-hydrogen) atoms. The van der Waals surface area contributed by atoms with Crippen molar-refractivity contribution in [2.75, 3.05) is 0 Å². The maximum atomic E-state index is 5.62. The summed E-state index contributed by atoms with van der Waals surface area (Å²) >= 11 is 5.27. The Kier molecular flexibility index (Phi) is 5.82. The van der Waals surface area contributed by atoms with E-state index in [4.69, 9.17) is 5.84 Å². The molecular formula is C11H19BrN2S. The van der Waals surface area contributed by atoms with Crippen molar-refractivity contribution in [1.29, 1.82) is 0 Å². The summed E-state index contributed by atoms with van der Waals surface area (Å²) in [6.45, 7) is 4.45. The van der Waals surface area contributed by atoms with Crippen LogP contribution in [0.3, 0.4) is 0 Å². The van der Waals surface area contributed by atoms with Crippen molar-refractivity contribution < 1.29 is 0 Å². The average molecular weight is 291 g/mol. The van der Waals surface area contributed by atoms with Crippen molar-refractivity contribution in [2.24, 2.45) is 11.8 Å². The number of rotatable bonds is 6. The van der Waals surface area contributed by atoms with E-state index < -0.39 is 0 Å². The first-order chi connectivity index (χ1) is 7.21. The van der Waals surface area contributed by atoms with Gasteiger partial charge >= 0.3 is 0 Å². The molecule has 3 N–H and O–H groups in total. The molecule has 0 saturated heterocycles. The van der Waals surface area contributed by atoms with Gasteiger partial charge in [0.1, 0.15) is 0 Å². The molecule has 2 nitrogen and oxygen atoms in total. The Bertz CT molecular complexity index is 284. The predicted octanol–water partition coefficient (Wildman–Crippen LogP) is 3.32. The van der Waals surface area contributed by atoms with Crippen LogP contribution in [0.5, 0.6) is 0 Å². The van der Waals surface area contributed by atoms with Gasteiger partial charge in [0, 0.05) is 10.9 Å². The molecule has 0 aromatic carbocycles. The Morgan fingerprint density at radius 3 is 2.47 bits per heavy atom. The monoisotopic (exact) mass is 290 g/mol. The van der Waals surface area contributed by atoms with Crippen molar-refractivity contribution in [3.63, 3.8) is 0 Å². The van der Waals surface area contributed by atoms with Crippen LogP contribution in [0.25, 0.3) is 0 Å². The highest BCUT2D eigenvalue weighted by molar-refractivity contribution is 9.11. The minimum Gasteiger partial charge on any atom is -0.271 e. The molecule has 0 radical (unpaired) electrons. The Balaban J connectivity index is 2.60. The first-order valence-corrected chi connectivity index (χ1v) is 7.02. The maximum absolute atomic E-state index is 5.62. The van der Waals surface area contributed by atoms with Crippen LogP contribution in [0.4, 0.5) is 0 Å². The number of nitrogens with one attached hydrogen (secondary N) is 1. The quantitative estimate of drug-likeness (QED) is 0.623. The second kappa shape index (κ2) is 6.63. The van der Waals surface area contributed by atoms with E-state index in [0.29, 0.717) is 12.0 Å². The number of nitrogens with two attached hydrogens (primary N) is 1. The number of thiophene rings is 1. The molecule has 1 atom stereocenters. The van der Waals surface area contributed by atoms with Gasteiger partial charge in [-0.15, -0.1) is 11.3 Å². The van der Waals surface area contributed by atoms with Crippen molar-refractivity contribution in [3.05, 3.63) is 20.8 Å². The molecule has 1 rings (SSSR count). The number of halogens is 1. The van der Waals surface area contributed by atoms with Crippen molar-refractivity contribution >= 4 is 27.3 Å². The predicted molar refractivity (Wildman–Crippen MR) is 70.9 cm³/mol. The number of hydrazine groups is 1. The number of hydrogen-bond donors (Lipinski definition) is 2. The summed E-state index contributed by atoms with van der Waals surface area (Å²) in [5.41, 5.74) is 2.95. The van der Waals surface area contributed by atoms with Crippen molar-refractivity contribution in [1.82, 2.24) is 5.43 Å². The Hall–Kier alpha value is 0.1000. The molecule has 1 aromatic heterocycles. The van der Waals surface area contributed by atoms with Crippen LogP contribution < -0.4 is 11.3 Å². The molecule has 0 aliphatic carbocycles. The summed E-state index contributed by atoms with van der Waals surface area (Å²) in [7, 11) is 0. The second-order valence-electron chi connectivity index (χ2n) is 3.76. The van der Waals surface area contributed by atoms with E-state index in [-0.39, 0.29) is 0 Å². The van der Waals surface area contributed by atoms with Crippen molar-refractivity contribution in [3.8, 4) is 0 Å². The highest BCUT2D eigenvalue weighted by Crippen LogP contribution is 2.25. The van der Waals surface area contributed by atoms with Crippen LogP contribution in [0.2, 0.25) is 0 Å². The Labute approximate surface area is 104 Å². The van der Waals surface area contributed by atoms with E-state index in [0.717, 1.165) is 6.42 Å². The molecule has 4 heteroatoms. The molecule has 0 fully saturated rings. The lowest BCUT2D eigenvalue weighted by molar-refractivity contribution is 0.337. The summed E-state index contributed by atoms with van der Waals surface area (Å²) < 4.78 is 1.19. The zero-order valence-corrected chi connectivity index (χ0v) is 11.7. The number of hydrogen-bond acceptors (Lipinski definition) is 3. The van der Waals surface area contributed by atoms with Crippen molar-refractivity contribution in [2.45, 2.75) is 39.2 Å². The summed E-state index contributed by atoms with van der Waals surface area (Å²) in [5.74, 6) is 6.29. The fourth-order valence-electron chi connectivity index (χ4n) is 1.90. The van der Waals surface area contributed by atoms with E-state index in [1.807, 2.05) is 0 Å². The van der Waals surface area contributed by atoms with E-state index in [1.165, 1.54) is 21.5 Å². The lowest BCUT2D eigenvalue weighted by atomic mass is 9.92. The van der Waals surface area contributed by atoms with E-state index in [1.54, 1.807) is 11.3 Å². The summed E-state index contributed by atoms with van der Waals surface area (Å²) in [6.07, 6.45) is 3.38. The van der Waals surface area contributed by atoms with Gasteiger partial charge in [0.05, 0.1) is 3.79 Å². The van der Waals surface area contributed by atoms with Gasteiger partial charge in [-0.2, -0.15) is 0 Å². The molecule has 1 heterocycles. The van der Waals surface area contributed by atoms with Crippen LogP contribution in [0.1, 0.15) is 31.6 Å². The third kappa shape index (κ3) is 3.87. The molecule has 86 valence electrons. The smallest absolute Gasteiger partial charge is 0.0701 e. The van der Waals surface area contributed by atoms with Crippen LogP contribution >= 0.6 is 27.3 Å². The highest BCUT2D eigenvalue weighted by Gasteiger charge is 2.17. The van der Waals surface area contributed by atoms with Gasteiger partial charge in [-0.05, 0) is 40.4 Å². The summed E-state index contributed by atoms with van der Waals surface area (Å²) in [5, 5.41) is 0. The molecule has 0 amide bonds. The van der Waals surface area contributed by atoms with Gasteiger partial charge < -0.3 is 0 Å². The van der Waals surface area contributed by atoms with Gasteiger partial charge in [0.15, 0.2) is 0 Å². The zero-order chi connectivity index (χ0) is 11.3. The van der Waals surface area contributed by atoms with Gasteiger partial charge in [0.2, 0.25) is 0 Å². The van der Waals surface area contributed by atoms with E-state index >= 15 is 0 Å². The molecular weight excluding hydrogens is 272 g/mol. The average Bonchev–Trinajstić information content (AvgIpc) is 2.64. The molecule has 1 unspecified atom stereocenters. The van der Waals surface area contributed by atoms with E-state index in [2.05, 4.69) is 47.3 Å². The Morgan fingerprint density at radius 2 is 2.07 bits per heavy atom. The first kappa shape index (κ1) is 13.2. The molecule has 0 aliphatic rings. The standard InChI is InChI=1S/C11H19BrN2S/c1-3-8(4-2)10(14-13)7-9-5-6-11(12)15-9/h5-6,8,10,14H,3-4,7,13H2,1-2H3. The van der Waals surface area contributed by atoms with Gasteiger partial charge in [-0.1, -0.05) is 26.7 Å². The second-order valence-corrected chi connectivity index (χ2v) is 6.31. The zero-order valence-electron chi connectivity index (χ0n) is 9.29. The molecule has 0 bridgehead atoms. The molecule has 0 aliphatic heterocycles. The normalized spacial score (nSPS) is 13.4. The van der Waals surface area contributed by atoms with Crippen LogP contribution in [-0.4, -0.2) is 6.04 Å². The topological polar surface area (TPSA) is 38.0 Å². The highest BCUT2D eigenvalue weighted by atomic mass is 79.9. The third-order valence-electron chi connectivity index (χ3n) is 2.88. The lowest BCUT2D eigenvalue weighted by Gasteiger charge is -2.23. The first-order valence-electron chi connectivity index (χ1n) is 5.41. The van der Waals surface area contributed by atoms with Gasteiger partial charge in [-0.25, -0.2) is 0 Å². The van der Waals surface area contributed by atoms with Gasteiger partial charge in [0.25, 0.3) is 0 Å². The largest absolute Gasteiger partial charge is 0.271 e. The van der Waals surface area contributed by atoms with Crippen LogP contribution in [0.15, 0.2) is 15.9 Å². The summed E-state index contributed by atoms with van der Waals surface area (Å²) in [4.78, 5) is 1.39. The summed E-state index contributed by atoms with van der Waals surface area (Å²) in [6, 6.07) is 4.66. The lowest BCUT2D eigenvalue weighted by Crippen LogP contribution is -2.42. The van der Waals surface area contributed by atoms with Crippen LogP contribution in [0, 0.1) is 5.92 Å². The fraction of sp³-hybridized carbons (Fsp3) is 0.636. The minimum atomic E-state index is 0.394. The molecule has 0 spiro atoms. The Morgan fingerprint density at radius 1 is 1.40 bits per heavy atom. The van der Waals surface area contributed by atoms with Gasteiger partial charge in [-0.3, -0.25) is 11.3 Å². The van der Waals surface area contributed by atoms with E-state index in [9.17, 15) is 0 Å². The molecule has 1 aromatic rings. The fourth-order valence-corrected chi connectivity index (χ4v) is 3.44. The molecule has 0 saturated carbocycles. The maximum Gasteiger partial charge on any atom is 0.0701 e. The minimum absolute atomic E-state index is 0.394. The third-order valence-corrected chi connectivity index (χ3v) is 4.53. The van der Waals surface area contributed by atoms with Crippen LogP contribution in [-0.2, 0) is 6.42 Å².